The topological polar surface area (TPSA) is 76.4 Å². The van der Waals surface area contributed by atoms with Gasteiger partial charge in [-0.1, -0.05) is 24.3 Å². The zero-order chi connectivity index (χ0) is 17.9. The number of carbonyl (C=O) groups excluding carboxylic acids is 1. The van der Waals surface area contributed by atoms with Crippen molar-refractivity contribution in [3.05, 3.63) is 66.6 Å². The van der Waals surface area contributed by atoms with E-state index in [1.165, 1.54) is 6.26 Å². The molecule has 0 spiro atoms. The van der Waals surface area contributed by atoms with Gasteiger partial charge in [0.15, 0.2) is 0 Å². The third kappa shape index (κ3) is 3.26. The second kappa shape index (κ2) is 6.92. The SMILES string of the molecule is C[C@@H](NC(=O)Nc1cccc(-c2ncco2)c1)[C@@H]1COc2ccccc21. The number of nitrogens with zero attached hydrogens (tertiary/aromatic N) is 1. The molecule has 2 N–H and O–H groups in total. The zero-order valence-electron chi connectivity index (χ0n) is 14.3. The lowest BCUT2D eigenvalue weighted by molar-refractivity contribution is 0.244. The lowest BCUT2D eigenvalue weighted by Crippen LogP contribution is -2.40. The zero-order valence-corrected chi connectivity index (χ0v) is 14.3. The lowest BCUT2D eigenvalue weighted by atomic mass is 9.94. The van der Waals surface area contributed by atoms with Gasteiger partial charge >= 0.3 is 6.03 Å². The Morgan fingerprint density at radius 1 is 1.23 bits per heavy atom. The highest BCUT2D eigenvalue weighted by Gasteiger charge is 2.29. The molecule has 1 aromatic heterocycles. The summed E-state index contributed by atoms with van der Waals surface area (Å²) in [5.41, 5.74) is 2.61. The van der Waals surface area contributed by atoms with Gasteiger partial charge in [0.25, 0.3) is 0 Å². The molecule has 0 saturated carbocycles. The lowest BCUT2D eigenvalue weighted by Gasteiger charge is -2.20. The molecule has 2 heterocycles. The van der Waals surface area contributed by atoms with Crippen molar-refractivity contribution in [1.82, 2.24) is 10.3 Å². The number of ether oxygens (including phenoxy) is 1. The minimum Gasteiger partial charge on any atom is -0.493 e. The molecule has 1 aliphatic rings. The normalized spacial score (nSPS) is 16.4. The van der Waals surface area contributed by atoms with Crippen LogP contribution in [-0.2, 0) is 0 Å². The first-order chi connectivity index (χ1) is 12.7. The fourth-order valence-corrected chi connectivity index (χ4v) is 3.17. The molecule has 0 saturated heterocycles. The third-order valence-corrected chi connectivity index (χ3v) is 4.50. The molecule has 132 valence electrons. The van der Waals surface area contributed by atoms with Crippen molar-refractivity contribution >= 4 is 11.7 Å². The van der Waals surface area contributed by atoms with Crippen LogP contribution in [-0.4, -0.2) is 23.7 Å². The second-order valence-electron chi connectivity index (χ2n) is 6.26. The van der Waals surface area contributed by atoms with E-state index in [9.17, 15) is 4.79 Å². The summed E-state index contributed by atoms with van der Waals surface area (Å²) in [5, 5.41) is 5.86. The molecule has 0 unspecified atom stereocenters. The molecule has 3 aromatic rings. The van der Waals surface area contributed by atoms with Gasteiger partial charge in [-0.3, -0.25) is 0 Å². The maximum absolute atomic E-state index is 12.4. The van der Waals surface area contributed by atoms with Crippen LogP contribution in [0.25, 0.3) is 11.5 Å². The van der Waals surface area contributed by atoms with Gasteiger partial charge in [0.2, 0.25) is 5.89 Å². The van der Waals surface area contributed by atoms with Crippen LogP contribution in [0.5, 0.6) is 5.75 Å². The summed E-state index contributed by atoms with van der Waals surface area (Å²) >= 11 is 0. The van der Waals surface area contributed by atoms with Crippen molar-refractivity contribution in [3.63, 3.8) is 0 Å². The molecule has 0 bridgehead atoms. The summed E-state index contributed by atoms with van der Waals surface area (Å²) in [6.45, 7) is 2.55. The van der Waals surface area contributed by atoms with Crippen LogP contribution in [0.4, 0.5) is 10.5 Å². The molecule has 4 rings (SSSR count). The van der Waals surface area contributed by atoms with E-state index in [0.717, 1.165) is 16.9 Å². The van der Waals surface area contributed by atoms with Crippen LogP contribution in [0.15, 0.2) is 65.4 Å². The molecule has 2 aromatic carbocycles. The Kier molecular flexibility index (Phi) is 4.31. The van der Waals surface area contributed by atoms with E-state index in [1.807, 2.05) is 55.5 Å². The first-order valence-corrected chi connectivity index (χ1v) is 8.50. The van der Waals surface area contributed by atoms with Crippen LogP contribution in [0, 0.1) is 0 Å². The van der Waals surface area contributed by atoms with E-state index in [2.05, 4.69) is 15.6 Å². The Bertz CT molecular complexity index is 908. The van der Waals surface area contributed by atoms with Gasteiger partial charge in [-0.05, 0) is 31.2 Å². The van der Waals surface area contributed by atoms with E-state index < -0.39 is 0 Å². The number of oxazole rings is 1. The van der Waals surface area contributed by atoms with Crippen LogP contribution in [0.3, 0.4) is 0 Å². The van der Waals surface area contributed by atoms with Crippen molar-refractivity contribution < 1.29 is 13.9 Å². The van der Waals surface area contributed by atoms with Crippen molar-refractivity contribution in [2.75, 3.05) is 11.9 Å². The number of rotatable bonds is 4. The Labute approximate surface area is 151 Å². The van der Waals surface area contributed by atoms with Crippen molar-refractivity contribution in [3.8, 4) is 17.2 Å². The number of para-hydroxylation sites is 1. The number of hydrogen-bond donors (Lipinski definition) is 2. The summed E-state index contributed by atoms with van der Waals surface area (Å²) in [6, 6.07) is 15.0. The van der Waals surface area contributed by atoms with Gasteiger partial charge < -0.3 is 19.8 Å². The maximum atomic E-state index is 12.4. The molecular formula is C20H19N3O3. The predicted molar refractivity (Wildman–Crippen MR) is 98.2 cm³/mol. The number of fused-ring (bicyclic) bond motifs is 1. The minimum absolute atomic E-state index is 0.0615. The fourth-order valence-electron chi connectivity index (χ4n) is 3.17. The van der Waals surface area contributed by atoms with Crippen LogP contribution >= 0.6 is 0 Å². The quantitative estimate of drug-likeness (QED) is 0.746. The van der Waals surface area contributed by atoms with Crippen molar-refractivity contribution in [2.45, 2.75) is 18.9 Å². The fraction of sp³-hybridized carbons (Fsp3) is 0.200. The van der Waals surface area contributed by atoms with Gasteiger partial charge in [-0.2, -0.15) is 0 Å². The largest absolute Gasteiger partial charge is 0.493 e. The molecule has 0 fully saturated rings. The molecular weight excluding hydrogens is 330 g/mol. The Hall–Kier alpha value is -3.28. The molecule has 1 aliphatic heterocycles. The van der Waals surface area contributed by atoms with E-state index >= 15 is 0 Å². The summed E-state index contributed by atoms with van der Waals surface area (Å²) in [4.78, 5) is 16.5. The Morgan fingerprint density at radius 2 is 2.12 bits per heavy atom. The van der Waals surface area contributed by atoms with E-state index in [1.54, 1.807) is 6.20 Å². The van der Waals surface area contributed by atoms with E-state index in [4.69, 9.17) is 9.15 Å². The van der Waals surface area contributed by atoms with E-state index in [0.29, 0.717) is 18.2 Å². The van der Waals surface area contributed by atoms with Gasteiger partial charge in [0.05, 0.1) is 12.8 Å². The molecule has 2 amide bonds. The Morgan fingerprint density at radius 3 is 2.96 bits per heavy atom. The molecule has 2 atom stereocenters. The number of anilines is 1. The molecule has 26 heavy (non-hydrogen) atoms. The molecule has 6 nitrogen and oxygen atoms in total. The highest BCUT2D eigenvalue weighted by Crippen LogP contribution is 2.35. The number of amides is 2. The standard InChI is InChI=1S/C20H19N3O3/c1-13(17-12-26-18-8-3-2-7-16(17)18)22-20(24)23-15-6-4-5-14(11-15)19-21-9-10-25-19/h2-11,13,17H,12H2,1H3,(H2,22,23,24)/t13-,17+/m1/s1. The van der Waals surface area contributed by atoms with Crippen LogP contribution in [0.2, 0.25) is 0 Å². The summed E-state index contributed by atoms with van der Waals surface area (Å²) in [5.74, 6) is 1.54. The first-order valence-electron chi connectivity index (χ1n) is 8.50. The van der Waals surface area contributed by atoms with Gasteiger partial charge in [-0.15, -0.1) is 0 Å². The van der Waals surface area contributed by atoms with Gasteiger partial charge in [0.1, 0.15) is 12.0 Å². The first kappa shape index (κ1) is 16.2. The number of aromatic nitrogens is 1. The number of hydrogen-bond acceptors (Lipinski definition) is 4. The van der Waals surface area contributed by atoms with Crippen LogP contribution < -0.4 is 15.4 Å². The highest BCUT2D eigenvalue weighted by molar-refractivity contribution is 5.90. The number of nitrogens with one attached hydrogen (secondary N) is 2. The van der Waals surface area contributed by atoms with E-state index in [-0.39, 0.29) is 18.0 Å². The Balaban J connectivity index is 1.41. The van der Waals surface area contributed by atoms with Gasteiger partial charge in [-0.25, -0.2) is 9.78 Å². The molecule has 0 aliphatic carbocycles. The second-order valence-corrected chi connectivity index (χ2v) is 6.26. The minimum atomic E-state index is -0.258. The van der Waals surface area contributed by atoms with Crippen LogP contribution in [0.1, 0.15) is 18.4 Å². The monoisotopic (exact) mass is 349 g/mol. The number of carbonyl (C=O) groups is 1. The number of benzene rings is 2. The highest BCUT2D eigenvalue weighted by atomic mass is 16.5. The average Bonchev–Trinajstić information content (AvgIpc) is 3.32. The smallest absolute Gasteiger partial charge is 0.319 e. The van der Waals surface area contributed by atoms with Gasteiger partial charge in [0, 0.05) is 28.8 Å². The summed E-state index contributed by atoms with van der Waals surface area (Å²) < 4.78 is 11.0. The summed E-state index contributed by atoms with van der Waals surface area (Å²) in [6.07, 6.45) is 3.11. The average molecular weight is 349 g/mol. The molecule has 6 heteroatoms. The predicted octanol–water partition coefficient (Wildman–Crippen LogP) is 4.03. The van der Waals surface area contributed by atoms with Crippen molar-refractivity contribution in [1.29, 1.82) is 0 Å². The maximum Gasteiger partial charge on any atom is 0.319 e. The summed E-state index contributed by atoms with van der Waals surface area (Å²) in [7, 11) is 0. The van der Waals surface area contributed by atoms with Crippen molar-refractivity contribution in [2.24, 2.45) is 0 Å². The number of urea groups is 1. The third-order valence-electron chi connectivity index (χ3n) is 4.50. The molecule has 0 radical (unpaired) electrons.